The first kappa shape index (κ1) is 13.2. The monoisotopic (exact) mass is 293 g/mol. The second kappa shape index (κ2) is 5.05. The molecule has 0 unspecified atom stereocenters. The summed E-state index contributed by atoms with van der Waals surface area (Å²) in [5, 5.41) is 1.08. The Labute approximate surface area is 128 Å². The van der Waals surface area contributed by atoms with Crippen LogP contribution in [0, 0.1) is 12.7 Å². The van der Waals surface area contributed by atoms with Gasteiger partial charge in [-0.15, -0.1) is 0 Å². The van der Waals surface area contributed by atoms with E-state index >= 15 is 0 Å². The molecule has 110 valence electrons. The van der Waals surface area contributed by atoms with Gasteiger partial charge in [0.05, 0.1) is 5.52 Å². The van der Waals surface area contributed by atoms with E-state index in [2.05, 4.69) is 33.9 Å². The van der Waals surface area contributed by atoms with Crippen LogP contribution in [-0.2, 0) is 13.0 Å². The zero-order chi connectivity index (χ0) is 15.1. The topological polar surface area (TPSA) is 29.0 Å². The molecule has 0 N–H and O–H groups in total. The van der Waals surface area contributed by atoms with Gasteiger partial charge in [-0.2, -0.15) is 0 Å². The lowest BCUT2D eigenvalue weighted by Crippen LogP contribution is -2.31. The molecule has 1 aliphatic heterocycles. The number of rotatable bonds is 1. The van der Waals surface area contributed by atoms with Gasteiger partial charge in [0, 0.05) is 18.5 Å². The molecule has 1 aliphatic rings. The lowest BCUT2D eigenvalue weighted by Gasteiger charge is -2.30. The van der Waals surface area contributed by atoms with E-state index in [4.69, 9.17) is 0 Å². The molecule has 0 bridgehead atoms. The summed E-state index contributed by atoms with van der Waals surface area (Å²) in [6.45, 7) is 3.68. The highest BCUT2D eigenvalue weighted by Gasteiger charge is 2.19. The van der Waals surface area contributed by atoms with Crippen molar-refractivity contribution in [3.8, 4) is 0 Å². The van der Waals surface area contributed by atoms with Crippen molar-refractivity contribution in [3.05, 3.63) is 65.2 Å². The molecule has 3 nitrogen and oxygen atoms in total. The molecule has 3 aromatic rings. The molecule has 2 aromatic carbocycles. The Morgan fingerprint density at radius 2 is 1.95 bits per heavy atom. The van der Waals surface area contributed by atoms with Crippen LogP contribution in [0.25, 0.3) is 10.9 Å². The van der Waals surface area contributed by atoms with Crippen LogP contribution < -0.4 is 4.90 Å². The van der Waals surface area contributed by atoms with Gasteiger partial charge in [0.15, 0.2) is 0 Å². The molecular weight excluding hydrogens is 277 g/mol. The molecule has 0 aliphatic carbocycles. The standard InChI is InChI=1S/C18H16FN3/c1-12-2-5-17-16(8-12)18(21-11-20-17)22-7-6-13-9-15(19)4-3-14(13)10-22/h2-5,8-9,11H,6-7,10H2,1H3. The van der Waals surface area contributed by atoms with Crippen molar-refractivity contribution in [1.29, 1.82) is 0 Å². The summed E-state index contributed by atoms with van der Waals surface area (Å²) in [6.07, 6.45) is 2.46. The number of hydrogen-bond donors (Lipinski definition) is 0. The minimum Gasteiger partial charge on any atom is -0.351 e. The van der Waals surface area contributed by atoms with E-state index in [1.54, 1.807) is 12.4 Å². The Morgan fingerprint density at radius 3 is 2.86 bits per heavy atom. The molecular formula is C18H16FN3. The molecule has 0 atom stereocenters. The molecule has 2 heterocycles. The highest BCUT2D eigenvalue weighted by Crippen LogP contribution is 2.29. The molecule has 4 rings (SSSR count). The third-order valence-corrected chi connectivity index (χ3v) is 4.25. The van der Waals surface area contributed by atoms with Crippen molar-refractivity contribution in [3.63, 3.8) is 0 Å². The first-order chi connectivity index (χ1) is 10.7. The summed E-state index contributed by atoms with van der Waals surface area (Å²) in [6, 6.07) is 11.3. The molecule has 0 fully saturated rings. The zero-order valence-electron chi connectivity index (χ0n) is 12.4. The lowest BCUT2D eigenvalue weighted by molar-refractivity contribution is 0.619. The van der Waals surface area contributed by atoms with Crippen molar-refractivity contribution >= 4 is 16.7 Å². The van der Waals surface area contributed by atoms with E-state index in [-0.39, 0.29) is 5.82 Å². The van der Waals surface area contributed by atoms with E-state index in [0.29, 0.717) is 0 Å². The van der Waals surface area contributed by atoms with Crippen LogP contribution in [0.3, 0.4) is 0 Å². The molecule has 0 saturated carbocycles. The SMILES string of the molecule is Cc1ccc2ncnc(N3CCc4cc(F)ccc4C3)c2c1. The highest BCUT2D eigenvalue weighted by atomic mass is 19.1. The molecule has 0 radical (unpaired) electrons. The van der Waals surface area contributed by atoms with Crippen molar-refractivity contribution in [2.75, 3.05) is 11.4 Å². The van der Waals surface area contributed by atoms with Gasteiger partial charge >= 0.3 is 0 Å². The fourth-order valence-electron chi connectivity index (χ4n) is 3.11. The number of aryl methyl sites for hydroxylation is 1. The molecule has 0 amide bonds. The summed E-state index contributed by atoms with van der Waals surface area (Å²) >= 11 is 0. The van der Waals surface area contributed by atoms with E-state index in [1.165, 1.54) is 17.2 Å². The Bertz CT molecular complexity index is 860. The van der Waals surface area contributed by atoms with E-state index in [1.807, 2.05) is 12.1 Å². The smallest absolute Gasteiger partial charge is 0.140 e. The Kier molecular flexibility index (Phi) is 3.03. The number of halogens is 1. The third-order valence-electron chi connectivity index (χ3n) is 4.25. The lowest BCUT2D eigenvalue weighted by atomic mass is 9.99. The van der Waals surface area contributed by atoms with Gasteiger partial charge < -0.3 is 4.90 Å². The van der Waals surface area contributed by atoms with E-state index in [0.717, 1.165) is 41.8 Å². The highest BCUT2D eigenvalue weighted by molar-refractivity contribution is 5.89. The quantitative estimate of drug-likeness (QED) is 0.686. The van der Waals surface area contributed by atoms with Crippen LogP contribution >= 0.6 is 0 Å². The maximum atomic E-state index is 13.3. The maximum absolute atomic E-state index is 13.3. The largest absolute Gasteiger partial charge is 0.351 e. The number of hydrogen-bond acceptors (Lipinski definition) is 3. The zero-order valence-corrected chi connectivity index (χ0v) is 12.4. The predicted molar refractivity (Wildman–Crippen MR) is 85.4 cm³/mol. The predicted octanol–water partition coefficient (Wildman–Crippen LogP) is 3.64. The van der Waals surface area contributed by atoms with Crippen LogP contribution in [-0.4, -0.2) is 16.5 Å². The van der Waals surface area contributed by atoms with Gasteiger partial charge in [0.25, 0.3) is 0 Å². The summed E-state index contributed by atoms with van der Waals surface area (Å²) in [4.78, 5) is 11.1. The summed E-state index contributed by atoms with van der Waals surface area (Å²) in [7, 11) is 0. The van der Waals surface area contributed by atoms with Crippen LogP contribution in [0.15, 0.2) is 42.7 Å². The van der Waals surface area contributed by atoms with Crippen LogP contribution in [0.5, 0.6) is 0 Å². The summed E-state index contributed by atoms with van der Waals surface area (Å²) in [5.41, 5.74) is 4.43. The van der Waals surface area contributed by atoms with Crippen LogP contribution in [0.2, 0.25) is 0 Å². The minimum absolute atomic E-state index is 0.157. The minimum atomic E-state index is -0.157. The van der Waals surface area contributed by atoms with Gasteiger partial charge in [0.2, 0.25) is 0 Å². The van der Waals surface area contributed by atoms with Gasteiger partial charge in [-0.1, -0.05) is 17.7 Å². The second-order valence-electron chi connectivity index (χ2n) is 5.80. The molecule has 0 saturated heterocycles. The van der Waals surface area contributed by atoms with Crippen molar-refractivity contribution < 1.29 is 4.39 Å². The Balaban J connectivity index is 1.77. The van der Waals surface area contributed by atoms with Gasteiger partial charge in [-0.05, 0) is 48.7 Å². The Morgan fingerprint density at radius 1 is 1.05 bits per heavy atom. The Hall–Kier alpha value is -2.49. The number of aromatic nitrogens is 2. The van der Waals surface area contributed by atoms with Gasteiger partial charge in [0.1, 0.15) is 18.0 Å². The molecule has 4 heteroatoms. The summed E-state index contributed by atoms with van der Waals surface area (Å²) < 4.78 is 13.3. The van der Waals surface area contributed by atoms with Crippen molar-refractivity contribution in [2.45, 2.75) is 19.9 Å². The second-order valence-corrected chi connectivity index (χ2v) is 5.80. The summed E-state index contributed by atoms with van der Waals surface area (Å²) in [5.74, 6) is 0.805. The van der Waals surface area contributed by atoms with Gasteiger partial charge in [-0.25, -0.2) is 14.4 Å². The number of anilines is 1. The van der Waals surface area contributed by atoms with Crippen molar-refractivity contribution in [2.24, 2.45) is 0 Å². The molecule has 1 aromatic heterocycles. The van der Waals surface area contributed by atoms with Crippen LogP contribution in [0.4, 0.5) is 10.2 Å². The van der Waals surface area contributed by atoms with Crippen molar-refractivity contribution in [1.82, 2.24) is 9.97 Å². The first-order valence-electron chi connectivity index (χ1n) is 7.44. The number of fused-ring (bicyclic) bond motifs is 2. The normalized spacial score (nSPS) is 14.2. The maximum Gasteiger partial charge on any atom is 0.140 e. The molecule has 0 spiro atoms. The molecule has 22 heavy (non-hydrogen) atoms. The third kappa shape index (κ3) is 2.21. The fraction of sp³-hybridized carbons (Fsp3) is 0.222. The van der Waals surface area contributed by atoms with Crippen LogP contribution in [0.1, 0.15) is 16.7 Å². The van der Waals surface area contributed by atoms with E-state index < -0.39 is 0 Å². The first-order valence-corrected chi connectivity index (χ1v) is 7.44. The average Bonchev–Trinajstić information content (AvgIpc) is 2.54. The van der Waals surface area contributed by atoms with E-state index in [9.17, 15) is 4.39 Å². The fourth-order valence-corrected chi connectivity index (χ4v) is 3.11. The number of benzene rings is 2. The van der Waals surface area contributed by atoms with Gasteiger partial charge in [-0.3, -0.25) is 0 Å². The number of nitrogens with zero attached hydrogens (tertiary/aromatic N) is 3. The average molecular weight is 293 g/mol.